The summed E-state index contributed by atoms with van der Waals surface area (Å²) in [5.74, 6) is -0.785. The van der Waals surface area contributed by atoms with Crippen LogP contribution < -0.4 is 0 Å². The molecule has 0 saturated heterocycles. The first-order chi connectivity index (χ1) is 8.31. The van der Waals surface area contributed by atoms with E-state index in [1.54, 1.807) is 6.92 Å². The second-order valence-corrected chi connectivity index (χ2v) is 3.67. The molecule has 1 amide bonds. The average molecular weight is 265 g/mol. The molecule has 8 heteroatoms. The maximum Gasteiger partial charge on any atom is 0.435 e. The molecule has 0 unspecified atom stereocenters. The molecule has 0 atom stereocenters. The van der Waals surface area contributed by atoms with Crippen LogP contribution in [-0.2, 0) is 13.2 Å². The number of aryl methyl sites for hydroxylation is 1. The summed E-state index contributed by atoms with van der Waals surface area (Å²) in [6.45, 7) is 1.52. The van der Waals surface area contributed by atoms with E-state index in [0.717, 1.165) is 15.8 Å². The topological polar surface area (TPSA) is 58.4 Å². The lowest BCUT2D eigenvalue weighted by molar-refractivity contribution is -0.141. The number of amides is 1. The molecule has 1 rings (SSSR count). The van der Waals surface area contributed by atoms with E-state index in [-0.39, 0.29) is 19.7 Å². The number of aromatic nitrogens is 2. The molecule has 0 saturated carbocycles. The molecule has 5 nitrogen and oxygen atoms in total. The first kappa shape index (κ1) is 14.5. The number of hydrogen-bond acceptors (Lipinski definition) is 3. The number of alkyl halides is 3. The molecule has 0 aliphatic heterocycles. The molecule has 0 fully saturated rings. The highest BCUT2D eigenvalue weighted by Crippen LogP contribution is 2.31. The molecule has 0 spiro atoms. The lowest BCUT2D eigenvalue weighted by Gasteiger charge is -2.19. The fraction of sp³-hybridized carbons (Fsp3) is 0.600. The molecule has 1 aromatic rings. The molecule has 0 aromatic carbocycles. The van der Waals surface area contributed by atoms with Crippen LogP contribution in [0.2, 0.25) is 0 Å². The van der Waals surface area contributed by atoms with Gasteiger partial charge < -0.3 is 10.0 Å². The summed E-state index contributed by atoms with van der Waals surface area (Å²) in [7, 11) is 1.31. The second kappa shape index (κ2) is 5.38. The number of aliphatic hydroxyl groups is 1. The quantitative estimate of drug-likeness (QED) is 0.879. The molecule has 0 bridgehead atoms. The van der Waals surface area contributed by atoms with Crippen molar-refractivity contribution < 1.29 is 23.1 Å². The van der Waals surface area contributed by atoms with Gasteiger partial charge in [-0.05, 0) is 6.92 Å². The average Bonchev–Trinajstić information content (AvgIpc) is 2.67. The van der Waals surface area contributed by atoms with Gasteiger partial charge in [-0.2, -0.15) is 18.3 Å². The Kier molecular flexibility index (Phi) is 4.33. The van der Waals surface area contributed by atoms with Crippen LogP contribution in [0.3, 0.4) is 0 Å². The molecule has 0 aliphatic rings. The van der Waals surface area contributed by atoms with Crippen molar-refractivity contribution in [3.8, 4) is 0 Å². The lowest BCUT2D eigenvalue weighted by atomic mass is 10.2. The van der Waals surface area contributed by atoms with Gasteiger partial charge >= 0.3 is 6.18 Å². The number of rotatable bonds is 4. The highest BCUT2D eigenvalue weighted by atomic mass is 19.4. The van der Waals surface area contributed by atoms with Crippen LogP contribution in [0.25, 0.3) is 0 Å². The van der Waals surface area contributed by atoms with E-state index in [1.165, 1.54) is 7.05 Å². The number of nitrogens with zero attached hydrogens (tertiary/aromatic N) is 3. The standard InChI is InChI=1S/C10H14F3N3O2/c1-3-16(4-5-17)9(18)7-6-15(2)14-8(7)10(11,12)13/h6,17H,3-5H2,1-2H3. The van der Waals surface area contributed by atoms with Gasteiger partial charge in [0, 0.05) is 26.3 Å². The Morgan fingerprint density at radius 1 is 1.56 bits per heavy atom. The van der Waals surface area contributed by atoms with Crippen molar-refractivity contribution in [1.82, 2.24) is 14.7 Å². The SMILES string of the molecule is CCN(CCO)C(=O)c1cn(C)nc1C(F)(F)F. The molecule has 1 heterocycles. The highest BCUT2D eigenvalue weighted by molar-refractivity contribution is 5.95. The number of hydrogen-bond donors (Lipinski definition) is 1. The Morgan fingerprint density at radius 2 is 2.17 bits per heavy atom. The van der Waals surface area contributed by atoms with E-state index < -0.39 is 23.3 Å². The third kappa shape index (κ3) is 3.00. The van der Waals surface area contributed by atoms with Crippen molar-refractivity contribution in [2.75, 3.05) is 19.7 Å². The zero-order valence-corrected chi connectivity index (χ0v) is 10.0. The van der Waals surface area contributed by atoms with E-state index in [1.807, 2.05) is 0 Å². The van der Waals surface area contributed by atoms with Crippen LogP contribution in [0.5, 0.6) is 0 Å². The minimum atomic E-state index is -4.68. The molecule has 0 aliphatic carbocycles. The van der Waals surface area contributed by atoms with Crippen LogP contribution in [0, 0.1) is 0 Å². The number of halogens is 3. The van der Waals surface area contributed by atoms with Crippen LogP contribution in [0.4, 0.5) is 13.2 Å². The second-order valence-electron chi connectivity index (χ2n) is 3.67. The summed E-state index contributed by atoms with van der Waals surface area (Å²) in [6, 6.07) is 0. The van der Waals surface area contributed by atoms with Gasteiger partial charge in [-0.15, -0.1) is 0 Å². The Labute approximate surface area is 102 Å². The predicted molar refractivity (Wildman–Crippen MR) is 56.9 cm³/mol. The van der Waals surface area contributed by atoms with Gasteiger partial charge in [-0.1, -0.05) is 0 Å². The summed E-state index contributed by atoms with van der Waals surface area (Å²) < 4.78 is 39.0. The Morgan fingerprint density at radius 3 is 2.61 bits per heavy atom. The molecular formula is C10H14F3N3O2. The van der Waals surface area contributed by atoms with Gasteiger partial charge in [0.2, 0.25) is 0 Å². The number of carbonyl (C=O) groups is 1. The third-order valence-electron chi connectivity index (χ3n) is 2.37. The van der Waals surface area contributed by atoms with Gasteiger partial charge in [-0.25, -0.2) is 0 Å². The predicted octanol–water partition coefficient (Wildman–Crippen LogP) is 0.893. The maximum absolute atomic E-state index is 12.7. The van der Waals surface area contributed by atoms with Crippen LogP contribution >= 0.6 is 0 Å². The number of likely N-dealkylation sites (N-methyl/N-ethyl adjacent to an activating group) is 1. The number of aliphatic hydroxyl groups excluding tert-OH is 1. The minimum absolute atomic E-state index is 0.0124. The van der Waals surface area contributed by atoms with Crippen LogP contribution in [0.15, 0.2) is 6.20 Å². The molecular weight excluding hydrogens is 251 g/mol. The van der Waals surface area contributed by atoms with Crippen molar-refractivity contribution in [2.45, 2.75) is 13.1 Å². The first-order valence-electron chi connectivity index (χ1n) is 5.32. The van der Waals surface area contributed by atoms with Gasteiger partial charge in [0.25, 0.3) is 5.91 Å². The monoisotopic (exact) mass is 265 g/mol. The van der Waals surface area contributed by atoms with E-state index in [4.69, 9.17) is 5.11 Å². The van der Waals surface area contributed by atoms with Crippen molar-refractivity contribution in [3.05, 3.63) is 17.5 Å². The van der Waals surface area contributed by atoms with Crippen molar-refractivity contribution in [2.24, 2.45) is 7.05 Å². The third-order valence-corrected chi connectivity index (χ3v) is 2.37. The normalized spacial score (nSPS) is 11.7. The van der Waals surface area contributed by atoms with E-state index in [2.05, 4.69) is 5.10 Å². The lowest BCUT2D eigenvalue weighted by Crippen LogP contribution is -2.34. The fourth-order valence-corrected chi connectivity index (χ4v) is 1.55. The number of carbonyl (C=O) groups excluding carboxylic acids is 1. The summed E-state index contributed by atoms with van der Waals surface area (Å²) in [6.07, 6.45) is -3.64. The summed E-state index contributed by atoms with van der Waals surface area (Å²) in [5.41, 5.74) is -1.70. The summed E-state index contributed by atoms with van der Waals surface area (Å²) >= 11 is 0. The molecule has 102 valence electrons. The van der Waals surface area contributed by atoms with E-state index in [0.29, 0.717) is 0 Å². The van der Waals surface area contributed by atoms with Crippen LogP contribution in [0.1, 0.15) is 23.0 Å². The fourth-order valence-electron chi connectivity index (χ4n) is 1.55. The zero-order valence-electron chi connectivity index (χ0n) is 10.0. The van der Waals surface area contributed by atoms with Gasteiger partial charge in [0.1, 0.15) is 0 Å². The minimum Gasteiger partial charge on any atom is -0.395 e. The Balaban J connectivity index is 3.12. The van der Waals surface area contributed by atoms with Crippen molar-refractivity contribution in [1.29, 1.82) is 0 Å². The first-order valence-corrected chi connectivity index (χ1v) is 5.32. The molecule has 0 radical (unpaired) electrons. The summed E-state index contributed by atoms with van der Waals surface area (Å²) in [4.78, 5) is 13.0. The Hall–Kier alpha value is -1.57. The molecule has 1 N–H and O–H groups in total. The smallest absolute Gasteiger partial charge is 0.395 e. The van der Waals surface area contributed by atoms with E-state index >= 15 is 0 Å². The largest absolute Gasteiger partial charge is 0.435 e. The van der Waals surface area contributed by atoms with Gasteiger partial charge in [-0.3, -0.25) is 9.48 Å². The van der Waals surface area contributed by atoms with Gasteiger partial charge in [0.15, 0.2) is 5.69 Å². The zero-order chi connectivity index (χ0) is 13.9. The van der Waals surface area contributed by atoms with Crippen molar-refractivity contribution >= 4 is 5.91 Å². The van der Waals surface area contributed by atoms with Gasteiger partial charge in [0.05, 0.1) is 12.2 Å². The maximum atomic E-state index is 12.7. The van der Waals surface area contributed by atoms with Crippen LogP contribution in [-0.4, -0.2) is 45.4 Å². The van der Waals surface area contributed by atoms with E-state index in [9.17, 15) is 18.0 Å². The van der Waals surface area contributed by atoms with Crippen molar-refractivity contribution in [3.63, 3.8) is 0 Å². The Bertz CT molecular complexity index is 428. The molecule has 18 heavy (non-hydrogen) atoms. The highest BCUT2D eigenvalue weighted by Gasteiger charge is 2.39. The molecule has 1 aromatic heterocycles. The summed E-state index contributed by atoms with van der Waals surface area (Å²) in [5, 5.41) is 12.0.